The van der Waals surface area contributed by atoms with E-state index in [1.54, 1.807) is 23.2 Å². The summed E-state index contributed by atoms with van der Waals surface area (Å²) >= 11 is 13.1. The van der Waals surface area contributed by atoms with Crippen molar-refractivity contribution in [2.75, 3.05) is 0 Å². The van der Waals surface area contributed by atoms with Crippen molar-refractivity contribution in [2.24, 2.45) is 0 Å². The number of halogens is 2. The molecule has 8 nitrogen and oxygen atoms in total. The summed E-state index contributed by atoms with van der Waals surface area (Å²) in [7, 11) is 0. The van der Waals surface area contributed by atoms with Crippen LogP contribution in [0.25, 0.3) is 0 Å². The fourth-order valence-corrected chi connectivity index (χ4v) is 5.72. The van der Waals surface area contributed by atoms with E-state index < -0.39 is 42.1 Å². The minimum atomic E-state index is -1.16. The Kier molecular flexibility index (Phi) is 7.06. The van der Waals surface area contributed by atoms with Gasteiger partial charge < -0.3 is 15.2 Å². The summed E-state index contributed by atoms with van der Waals surface area (Å²) in [5, 5.41) is 16.3. The van der Waals surface area contributed by atoms with E-state index in [0.717, 1.165) is 5.56 Å². The highest BCUT2D eigenvalue weighted by molar-refractivity contribution is 6.36. The van der Waals surface area contributed by atoms with Gasteiger partial charge in [-0.3, -0.25) is 9.80 Å². The molecule has 0 bridgehead atoms. The standard InChI is InChI=1S/C27H23Cl2N3O5/c28-18-12-7-13-19(29)22(18)20-14-21(26(34)35)32-25(33)23(24(31(20)32)17-10-5-2-6-11-17)30-27(36)37-15-16-8-3-1-4-9-16/h1-13,20-21,23-24H,14-15H2,(H,30,36)(H,34,35)/t20-,21-,23+,24+/m0/s1. The van der Waals surface area contributed by atoms with Crippen LogP contribution in [0.4, 0.5) is 4.79 Å². The first-order valence-corrected chi connectivity index (χ1v) is 12.4. The molecule has 4 atom stereocenters. The van der Waals surface area contributed by atoms with Crippen LogP contribution in [0.15, 0.2) is 78.9 Å². The summed E-state index contributed by atoms with van der Waals surface area (Å²) in [6.07, 6.45) is -0.705. The van der Waals surface area contributed by atoms with Gasteiger partial charge in [-0.25, -0.2) is 14.6 Å². The van der Waals surface area contributed by atoms with Gasteiger partial charge in [-0.05, 0) is 23.3 Å². The number of carboxylic acids is 1. The number of aliphatic carboxylic acids is 1. The fourth-order valence-electron chi connectivity index (χ4n) is 5.07. The molecule has 5 rings (SSSR count). The van der Waals surface area contributed by atoms with E-state index in [9.17, 15) is 19.5 Å². The quantitative estimate of drug-likeness (QED) is 0.458. The van der Waals surface area contributed by atoms with Crippen LogP contribution in [-0.4, -0.2) is 45.2 Å². The zero-order valence-electron chi connectivity index (χ0n) is 19.5. The van der Waals surface area contributed by atoms with E-state index in [1.807, 2.05) is 60.7 Å². The topological polar surface area (TPSA) is 99.2 Å². The molecule has 2 aliphatic heterocycles. The highest BCUT2D eigenvalue weighted by atomic mass is 35.5. The summed E-state index contributed by atoms with van der Waals surface area (Å²) < 4.78 is 5.37. The number of amides is 2. The highest BCUT2D eigenvalue weighted by Crippen LogP contribution is 2.51. The maximum absolute atomic E-state index is 13.7. The van der Waals surface area contributed by atoms with Crippen LogP contribution in [0.1, 0.15) is 35.2 Å². The Bertz CT molecular complexity index is 1300. The lowest BCUT2D eigenvalue weighted by Gasteiger charge is -2.33. The summed E-state index contributed by atoms with van der Waals surface area (Å²) in [5.74, 6) is -1.72. The molecule has 2 fully saturated rings. The summed E-state index contributed by atoms with van der Waals surface area (Å²) in [5.41, 5.74) is 2.03. The van der Waals surface area contributed by atoms with Crippen molar-refractivity contribution < 1.29 is 24.2 Å². The number of hydrogen-bond acceptors (Lipinski definition) is 5. The van der Waals surface area contributed by atoms with Crippen LogP contribution < -0.4 is 5.32 Å². The van der Waals surface area contributed by atoms with Gasteiger partial charge in [0.25, 0.3) is 5.91 Å². The molecular formula is C27H23Cl2N3O5. The zero-order valence-corrected chi connectivity index (χ0v) is 21.0. The molecule has 0 unspecified atom stereocenters. The number of alkyl carbamates (subject to hydrolysis) is 1. The Morgan fingerprint density at radius 3 is 2.19 bits per heavy atom. The molecule has 2 aliphatic rings. The molecule has 2 N–H and O–H groups in total. The molecule has 0 radical (unpaired) electrons. The molecule has 0 saturated carbocycles. The molecule has 0 aliphatic carbocycles. The number of rotatable bonds is 6. The second kappa shape index (κ2) is 10.4. The van der Waals surface area contributed by atoms with Gasteiger partial charge in [0.15, 0.2) is 0 Å². The lowest BCUT2D eigenvalue weighted by molar-refractivity contribution is -0.155. The molecule has 3 aromatic rings. The molecule has 3 aromatic carbocycles. The van der Waals surface area contributed by atoms with Gasteiger partial charge >= 0.3 is 12.1 Å². The lowest BCUT2D eigenvalue weighted by atomic mass is 9.94. The molecular weight excluding hydrogens is 517 g/mol. The lowest BCUT2D eigenvalue weighted by Crippen LogP contribution is -2.47. The maximum Gasteiger partial charge on any atom is 0.408 e. The van der Waals surface area contributed by atoms with E-state index in [4.69, 9.17) is 27.9 Å². The van der Waals surface area contributed by atoms with Crippen molar-refractivity contribution in [3.8, 4) is 0 Å². The number of carbonyl (C=O) groups excluding carboxylic acids is 2. The Balaban J connectivity index is 1.52. The van der Waals surface area contributed by atoms with Gasteiger partial charge in [-0.1, -0.05) is 89.9 Å². The first-order valence-electron chi connectivity index (χ1n) is 11.7. The number of nitrogens with zero attached hydrogens (tertiary/aromatic N) is 2. The van der Waals surface area contributed by atoms with Crippen molar-refractivity contribution in [1.82, 2.24) is 15.3 Å². The fraction of sp³-hybridized carbons (Fsp3) is 0.222. The SMILES string of the molecule is O=C(N[C@H]1C(=O)N2[C@H](C(=O)O)C[C@@H](c3c(Cl)cccc3Cl)N2[C@@H]1c1ccccc1)OCc1ccccc1. The number of nitrogens with one attached hydrogen (secondary N) is 1. The third-order valence-corrected chi connectivity index (χ3v) is 7.31. The average Bonchev–Trinajstić information content (AvgIpc) is 3.40. The van der Waals surface area contributed by atoms with Crippen LogP contribution in [0.3, 0.4) is 0 Å². The third kappa shape index (κ3) is 4.75. The molecule has 2 heterocycles. The number of carboxylic acid groups (broad SMARTS) is 1. The predicted molar refractivity (Wildman–Crippen MR) is 137 cm³/mol. The van der Waals surface area contributed by atoms with Crippen molar-refractivity contribution >= 4 is 41.2 Å². The van der Waals surface area contributed by atoms with Crippen LogP contribution in [-0.2, 0) is 20.9 Å². The molecule has 0 spiro atoms. The van der Waals surface area contributed by atoms with Crippen LogP contribution >= 0.6 is 23.2 Å². The van der Waals surface area contributed by atoms with Gasteiger partial charge in [-0.2, -0.15) is 0 Å². The number of fused-ring (bicyclic) bond motifs is 1. The second-order valence-corrected chi connectivity index (χ2v) is 9.66. The number of hydrazine groups is 1. The van der Waals surface area contributed by atoms with Crippen molar-refractivity contribution in [2.45, 2.75) is 37.2 Å². The summed E-state index contributed by atoms with van der Waals surface area (Å²) in [4.78, 5) is 38.8. The molecule has 37 heavy (non-hydrogen) atoms. The third-order valence-electron chi connectivity index (χ3n) is 6.65. The van der Waals surface area contributed by atoms with E-state index in [-0.39, 0.29) is 13.0 Å². The van der Waals surface area contributed by atoms with Gasteiger partial charge in [0.2, 0.25) is 0 Å². The monoisotopic (exact) mass is 539 g/mol. The van der Waals surface area contributed by atoms with Crippen LogP contribution in [0.5, 0.6) is 0 Å². The van der Waals surface area contributed by atoms with Crippen molar-refractivity contribution in [3.05, 3.63) is 106 Å². The second-order valence-electron chi connectivity index (χ2n) is 8.84. The molecule has 190 valence electrons. The Morgan fingerprint density at radius 2 is 1.57 bits per heavy atom. The number of carbonyl (C=O) groups is 3. The zero-order chi connectivity index (χ0) is 26.1. The van der Waals surface area contributed by atoms with Crippen molar-refractivity contribution in [1.29, 1.82) is 0 Å². The van der Waals surface area contributed by atoms with Gasteiger partial charge in [-0.15, -0.1) is 0 Å². The maximum atomic E-state index is 13.7. The van der Waals surface area contributed by atoms with Gasteiger partial charge in [0.05, 0.1) is 12.1 Å². The average molecular weight is 540 g/mol. The largest absolute Gasteiger partial charge is 0.480 e. The van der Waals surface area contributed by atoms with E-state index in [1.165, 1.54) is 5.01 Å². The molecule has 2 amide bonds. The smallest absolute Gasteiger partial charge is 0.408 e. The molecule has 10 heteroatoms. The predicted octanol–water partition coefficient (Wildman–Crippen LogP) is 4.99. The molecule has 0 aromatic heterocycles. The minimum absolute atomic E-state index is 0.0205. The van der Waals surface area contributed by atoms with Crippen LogP contribution in [0, 0.1) is 0 Å². The van der Waals surface area contributed by atoms with Gasteiger partial charge in [0, 0.05) is 22.0 Å². The summed E-state index contributed by atoms with van der Waals surface area (Å²) in [6.45, 7) is 0.0205. The van der Waals surface area contributed by atoms with E-state index in [0.29, 0.717) is 21.2 Å². The molecule has 2 saturated heterocycles. The Labute approximate surface area is 223 Å². The highest BCUT2D eigenvalue weighted by Gasteiger charge is 2.59. The number of hydrogen-bond donors (Lipinski definition) is 2. The van der Waals surface area contributed by atoms with E-state index >= 15 is 0 Å². The van der Waals surface area contributed by atoms with E-state index in [2.05, 4.69) is 5.32 Å². The van der Waals surface area contributed by atoms with Crippen molar-refractivity contribution in [3.63, 3.8) is 0 Å². The normalized spacial score (nSPS) is 23.1. The first kappa shape index (κ1) is 25.1. The number of benzene rings is 3. The Hall–Kier alpha value is -3.59. The minimum Gasteiger partial charge on any atom is -0.480 e. The Morgan fingerprint density at radius 1 is 0.946 bits per heavy atom. The number of ether oxygens (including phenoxy) is 1. The first-order chi connectivity index (χ1) is 17.9. The summed E-state index contributed by atoms with van der Waals surface area (Å²) in [6, 6.07) is 19.7. The van der Waals surface area contributed by atoms with Crippen LogP contribution in [0.2, 0.25) is 10.0 Å². The van der Waals surface area contributed by atoms with Gasteiger partial charge in [0.1, 0.15) is 18.7 Å².